The Morgan fingerprint density at radius 3 is 2.57 bits per heavy atom. The number of nitrogens with one attached hydrogen (secondary N) is 1. The highest BCUT2D eigenvalue weighted by atomic mass is 16.6. The summed E-state index contributed by atoms with van der Waals surface area (Å²) in [5.74, 6) is -1.16. The van der Waals surface area contributed by atoms with Gasteiger partial charge in [-0.25, -0.2) is 0 Å². The number of nitro benzene ring substituents is 1. The van der Waals surface area contributed by atoms with Gasteiger partial charge in [0.2, 0.25) is 5.91 Å². The van der Waals surface area contributed by atoms with Crippen LogP contribution in [-0.4, -0.2) is 27.9 Å². The maximum atomic E-state index is 12.0. The van der Waals surface area contributed by atoms with Gasteiger partial charge in [0.1, 0.15) is 0 Å². The van der Waals surface area contributed by atoms with Gasteiger partial charge < -0.3 is 10.4 Å². The van der Waals surface area contributed by atoms with Gasteiger partial charge in [0.05, 0.1) is 10.8 Å². The highest BCUT2D eigenvalue weighted by Gasteiger charge is 2.26. The lowest BCUT2D eigenvalue weighted by molar-refractivity contribution is -0.384. The quantitative estimate of drug-likeness (QED) is 0.617. The fraction of sp³-hybridized carbons (Fsp3) is 0.500. The van der Waals surface area contributed by atoms with Crippen LogP contribution in [-0.2, 0) is 16.0 Å². The van der Waals surface area contributed by atoms with E-state index in [0.29, 0.717) is 32.1 Å². The molecule has 1 amide bonds. The molecule has 1 aromatic rings. The number of aryl methyl sites for hydroxylation is 1. The zero-order valence-corrected chi connectivity index (χ0v) is 12.7. The third-order valence-electron chi connectivity index (χ3n) is 4.20. The van der Waals surface area contributed by atoms with Crippen molar-refractivity contribution >= 4 is 17.6 Å². The first-order chi connectivity index (χ1) is 11.0. The van der Waals surface area contributed by atoms with Gasteiger partial charge in [0, 0.05) is 24.6 Å². The third kappa shape index (κ3) is 5.05. The molecule has 124 valence electrons. The number of carboxylic acids is 1. The van der Waals surface area contributed by atoms with E-state index in [1.807, 2.05) is 0 Å². The Morgan fingerprint density at radius 1 is 1.26 bits per heavy atom. The summed E-state index contributed by atoms with van der Waals surface area (Å²) in [6.45, 7) is 0. The van der Waals surface area contributed by atoms with Gasteiger partial charge in [-0.3, -0.25) is 19.7 Å². The molecule has 7 heteroatoms. The predicted molar refractivity (Wildman–Crippen MR) is 82.9 cm³/mol. The van der Waals surface area contributed by atoms with Gasteiger partial charge in [0.15, 0.2) is 0 Å². The van der Waals surface area contributed by atoms with Crippen LogP contribution in [0.2, 0.25) is 0 Å². The Balaban J connectivity index is 1.76. The van der Waals surface area contributed by atoms with Crippen LogP contribution in [0.1, 0.15) is 37.7 Å². The normalized spacial score (nSPS) is 20.7. The van der Waals surface area contributed by atoms with E-state index in [1.54, 1.807) is 12.1 Å². The lowest BCUT2D eigenvalue weighted by Crippen LogP contribution is -2.38. The number of rotatable bonds is 6. The fourth-order valence-corrected chi connectivity index (χ4v) is 2.87. The monoisotopic (exact) mass is 320 g/mol. The molecule has 0 atom stereocenters. The molecular weight excluding hydrogens is 300 g/mol. The summed E-state index contributed by atoms with van der Waals surface area (Å²) in [6.07, 6.45) is 3.24. The lowest BCUT2D eigenvalue weighted by atomic mass is 9.86. The molecule has 1 aliphatic carbocycles. The second-order valence-electron chi connectivity index (χ2n) is 5.88. The van der Waals surface area contributed by atoms with Crippen LogP contribution < -0.4 is 5.32 Å². The number of carbonyl (C=O) groups is 2. The van der Waals surface area contributed by atoms with E-state index >= 15 is 0 Å². The number of aliphatic carboxylic acids is 1. The number of carbonyl (C=O) groups excluding carboxylic acids is 1. The smallest absolute Gasteiger partial charge is 0.306 e. The van der Waals surface area contributed by atoms with Gasteiger partial charge in [-0.1, -0.05) is 12.1 Å². The Labute approximate surface area is 133 Å². The molecule has 0 bridgehead atoms. The number of carboxylic acid groups (broad SMARTS) is 1. The van der Waals surface area contributed by atoms with Gasteiger partial charge in [-0.15, -0.1) is 0 Å². The molecule has 1 saturated carbocycles. The minimum atomic E-state index is -0.763. The minimum Gasteiger partial charge on any atom is -0.481 e. The van der Waals surface area contributed by atoms with Crippen LogP contribution in [0.15, 0.2) is 24.3 Å². The molecule has 1 aliphatic rings. The third-order valence-corrected chi connectivity index (χ3v) is 4.20. The van der Waals surface area contributed by atoms with Crippen molar-refractivity contribution in [2.45, 2.75) is 44.6 Å². The van der Waals surface area contributed by atoms with E-state index in [2.05, 4.69) is 5.32 Å². The van der Waals surface area contributed by atoms with E-state index in [-0.39, 0.29) is 30.0 Å². The maximum Gasteiger partial charge on any atom is 0.306 e. The van der Waals surface area contributed by atoms with E-state index in [1.165, 1.54) is 12.1 Å². The predicted octanol–water partition coefficient (Wildman–Crippen LogP) is 2.29. The van der Waals surface area contributed by atoms with Gasteiger partial charge >= 0.3 is 5.97 Å². The zero-order chi connectivity index (χ0) is 16.8. The number of nitro groups is 1. The standard InChI is InChI=1S/C16H20N2O5/c19-15(17-13-7-5-12(6-8-13)16(20)21)9-4-11-2-1-3-14(10-11)18(22)23/h1-3,10,12-13H,4-9H2,(H,17,19)(H,20,21). The van der Waals surface area contributed by atoms with Crippen LogP contribution in [0.5, 0.6) is 0 Å². The molecule has 2 rings (SSSR count). The fourth-order valence-electron chi connectivity index (χ4n) is 2.87. The molecule has 1 fully saturated rings. The molecule has 0 aliphatic heterocycles. The van der Waals surface area contributed by atoms with Gasteiger partial charge in [-0.2, -0.15) is 0 Å². The summed E-state index contributed by atoms with van der Waals surface area (Å²) in [5.41, 5.74) is 0.777. The highest BCUT2D eigenvalue weighted by molar-refractivity contribution is 5.76. The Bertz CT molecular complexity index is 594. The molecule has 1 aromatic carbocycles. The summed E-state index contributed by atoms with van der Waals surface area (Å²) in [7, 11) is 0. The van der Waals surface area contributed by atoms with Crippen LogP contribution in [0, 0.1) is 16.0 Å². The van der Waals surface area contributed by atoms with E-state index in [0.717, 1.165) is 5.56 Å². The average molecular weight is 320 g/mol. The average Bonchev–Trinajstić information content (AvgIpc) is 2.53. The van der Waals surface area contributed by atoms with Crippen molar-refractivity contribution in [3.63, 3.8) is 0 Å². The zero-order valence-electron chi connectivity index (χ0n) is 12.7. The van der Waals surface area contributed by atoms with E-state index in [4.69, 9.17) is 5.11 Å². The first-order valence-corrected chi connectivity index (χ1v) is 7.71. The summed E-state index contributed by atoms with van der Waals surface area (Å²) >= 11 is 0. The lowest BCUT2D eigenvalue weighted by Gasteiger charge is -2.26. The Morgan fingerprint density at radius 2 is 1.96 bits per heavy atom. The number of non-ortho nitro benzene ring substituents is 1. The van der Waals surface area contributed by atoms with Crippen molar-refractivity contribution in [3.8, 4) is 0 Å². The van der Waals surface area contributed by atoms with Crippen LogP contribution in [0.3, 0.4) is 0 Å². The van der Waals surface area contributed by atoms with Crippen LogP contribution >= 0.6 is 0 Å². The largest absolute Gasteiger partial charge is 0.481 e. The first kappa shape index (κ1) is 16.9. The van der Waals surface area contributed by atoms with E-state index in [9.17, 15) is 19.7 Å². The molecule has 0 radical (unpaired) electrons. The molecule has 23 heavy (non-hydrogen) atoms. The number of nitrogens with zero attached hydrogens (tertiary/aromatic N) is 1. The molecule has 0 unspecified atom stereocenters. The number of benzene rings is 1. The van der Waals surface area contributed by atoms with Crippen molar-refractivity contribution in [3.05, 3.63) is 39.9 Å². The SMILES string of the molecule is O=C(CCc1cccc([N+](=O)[O-])c1)NC1CCC(C(=O)O)CC1. The van der Waals surface area contributed by atoms with Crippen molar-refractivity contribution in [1.29, 1.82) is 0 Å². The van der Waals surface area contributed by atoms with Crippen LogP contribution in [0.25, 0.3) is 0 Å². The molecule has 0 saturated heterocycles. The van der Waals surface area contributed by atoms with Gasteiger partial charge in [-0.05, 0) is 37.7 Å². The summed E-state index contributed by atoms with van der Waals surface area (Å²) in [4.78, 5) is 33.1. The van der Waals surface area contributed by atoms with E-state index < -0.39 is 10.9 Å². The van der Waals surface area contributed by atoms with Crippen LogP contribution in [0.4, 0.5) is 5.69 Å². The first-order valence-electron chi connectivity index (χ1n) is 7.71. The summed E-state index contributed by atoms with van der Waals surface area (Å²) in [5, 5.41) is 22.6. The Kier molecular flexibility index (Phi) is 5.67. The summed E-state index contributed by atoms with van der Waals surface area (Å²) in [6, 6.07) is 6.30. The van der Waals surface area contributed by atoms with Gasteiger partial charge in [0.25, 0.3) is 5.69 Å². The maximum absolute atomic E-state index is 12.0. The number of hydrogen-bond acceptors (Lipinski definition) is 4. The minimum absolute atomic E-state index is 0.0231. The number of amides is 1. The molecule has 0 aromatic heterocycles. The molecule has 0 heterocycles. The van der Waals surface area contributed by atoms with Crippen molar-refractivity contribution in [1.82, 2.24) is 5.32 Å². The number of hydrogen-bond donors (Lipinski definition) is 2. The van der Waals surface area contributed by atoms with Crippen molar-refractivity contribution < 1.29 is 19.6 Å². The molecular formula is C16H20N2O5. The second kappa shape index (κ2) is 7.71. The van der Waals surface area contributed by atoms with Crippen molar-refractivity contribution in [2.75, 3.05) is 0 Å². The second-order valence-corrected chi connectivity index (χ2v) is 5.88. The molecule has 7 nitrogen and oxygen atoms in total. The highest BCUT2D eigenvalue weighted by Crippen LogP contribution is 2.24. The topological polar surface area (TPSA) is 110 Å². The molecule has 2 N–H and O–H groups in total. The summed E-state index contributed by atoms with van der Waals surface area (Å²) < 4.78 is 0. The Hall–Kier alpha value is -2.44. The molecule has 0 spiro atoms. The van der Waals surface area contributed by atoms with Crippen molar-refractivity contribution in [2.24, 2.45) is 5.92 Å².